The minimum absolute atomic E-state index is 0.268. The molecule has 0 saturated heterocycles. The zero-order valence-electron chi connectivity index (χ0n) is 19.5. The summed E-state index contributed by atoms with van der Waals surface area (Å²) in [6.45, 7) is 1.16. The molecule has 1 unspecified atom stereocenters. The zero-order valence-corrected chi connectivity index (χ0v) is 20.3. The molecule has 3 rings (SSSR count). The minimum Gasteiger partial charge on any atom is -0.497 e. The summed E-state index contributed by atoms with van der Waals surface area (Å²) in [7, 11) is 5.56. The molecule has 2 aromatic heterocycles. The summed E-state index contributed by atoms with van der Waals surface area (Å²) in [5.74, 6) is 0.423. The number of hydrogen-bond donors (Lipinski definition) is 4. The molecule has 0 aliphatic rings. The maximum Gasteiger partial charge on any atom is 0.315 e. The molecule has 10 heteroatoms. The van der Waals surface area contributed by atoms with Gasteiger partial charge in [0.05, 0.1) is 24.5 Å². The molecule has 5 N–H and O–H groups in total. The molecule has 0 aliphatic carbocycles. The van der Waals surface area contributed by atoms with Crippen molar-refractivity contribution in [1.29, 1.82) is 0 Å². The second kappa shape index (κ2) is 12.0. The van der Waals surface area contributed by atoms with Crippen molar-refractivity contribution in [2.45, 2.75) is 19.0 Å². The van der Waals surface area contributed by atoms with E-state index in [4.69, 9.17) is 10.5 Å². The molecule has 0 spiro atoms. The third-order valence-electron chi connectivity index (χ3n) is 5.14. The van der Waals surface area contributed by atoms with Crippen LogP contribution in [0.4, 0.5) is 16.2 Å². The number of nitrogens with one attached hydrogen (secondary N) is 3. The number of nitrogen functional groups attached to an aromatic ring is 1. The van der Waals surface area contributed by atoms with E-state index in [2.05, 4.69) is 20.9 Å². The van der Waals surface area contributed by atoms with Crippen LogP contribution in [0.25, 0.3) is 0 Å². The second-order valence-electron chi connectivity index (χ2n) is 7.99. The number of nitrogens with zero attached hydrogens (tertiary/aromatic N) is 2. The van der Waals surface area contributed by atoms with Gasteiger partial charge in [-0.3, -0.25) is 9.78 Å². The number of rotatable bonds is 10. The van der Waals surface area contributed by atoms with E-state index in [1.165, 1.54) is 11.3 Å². The standard InChI is InChI=1S/C24H30N6O3S/c1-30(2)11-10-20(29-24(32)27-12-16-4-7-18(33-3)8-5-16)17-6-9-21(26-13-17)23(31)28-22-15-34-14-19(22)25/h4-9,13-15,20H,10-12,25H2,1-3H3,(H,28,31)(H2,27,29,32). The molecule has 0 saturated carbocycles. The monoisotopic (exact) mass is 482 g/mol. The Hall–Kier alpha value is -3.63. The fourth-order valence-electron chi connectivity index (χ4n) is 3.19. The van der Waals surface area contributed by atoms with Crippen molar-refractivity contribution in [1.82, 2.24) is 20.5 Å². The Balaban J connectivity index is 1.62. The summed E-state index contributed by atoms with van der Waals surface area (Å²) in [5.41, 5.74) is 8.96. The van der Waals surface area contributed by atoms with Crippen molar-refractivity contribution in [2.24, 2.45) is 0 Å². The number of hydrogen-bond acceptors (Lipinski definition) is 7. The average molecular weight is 483 g/mol. The third kappa shape index (κ3) is 7.19. The summed E-state index contributed by atoms with van der Waals surface area (Å²) < 4.78 is 5.16. The summed E-state index contributed by atoms with van der Waals surface area (Å²) in [6, 6.07) is 10.4. The van der Waals surface area contributed by atoms with Gasteiger partial charge in [0.1, 0.15) is 11.4 Å². The van der Waals surface area contributed by atoms with Crippen LogP contribution >= 0.6 is 11.3 Å². The predicted molar refractivity (Wildman–Crippen MR) is 135 cm³/mol. The van der Waals surface area contributed by atoms with Gasteiger partial charge in [0, 0.05) is 23.5 Å². The highest BCUT2D eigenvalue weighted by atomic mass is 32.1. The molecule has 180 valence electrons. The van der Waals surface area contributed by atoms with E-state index in [-0.39, 0.29) is 23.7 Å². The van der Waals surface area contributed by atoms with Crippen LogP contribution in [-0.2, 0) is 6.54 Å². The Kier molecular flexibility index (Phi) is 8.83. The number of nitrogens with two attached hydrogens (primary N) is 1. The number of thiophene rings is 1. The predicted octanol–water partition coefficient (Wildman–Crippen LogP) is 3.48. The van der Waals surface area contributed by atoms with Gasteiger partial charge in [-0.1, -0.05) is 18.2 Å². The summed E-state index contributed by atoms with van der Waals surface area (Å²) in [6.07, 6.45) is 2.30. The first-order valence-corrected chi connectivity index (χ1v) is 11.7. The van der Waals surface area contributed by atoms with Gasteiger partial charge in [-0.25, -0.2) is 4.79 Å². The molecule has 34 heavy (non-hydrogen) atoms. The van der Waals surface area contributed by atoms with E-state index < -0.39 is 0 Å². The Bertz CT molecular complexity index is 1080. The van der Waals surface area contributed by atoms with E-state index in [0.29, 0.717) is 24.3 Å². The lowest BCUT2D eigenvalue weighted by molar-refractivity contribution is 0.102. The number of carbonyl (C=O) groups is 2. The molecule has 2 heterocycles. The molecule has 3 aromatic rings. The van der Waals surface area contributed by atoms with Crippen LogP contribution in [0.15, 0.2) is 53.4 Å². The van der Waals surface area contributed by atoms with Crippen molar-refractivity contribution in [3.8, 4) is 5.75 Å². The number of carbonyl (C=O) groups excluding carboxylic acids is 2. The number of amides is 3. The lowest BCUT2D eigenvalue weighted by Gasteiger charge is -2.21. The molecule has 1 aromatic carbocycles. The smallest absolute Gasteiger partial charge is 0.315 e. The van der Waals surface area contributed by atoms with Gasteiger partial charge in [0.25, 0.3) is 5.91 Å². The van der Waals surface area contributed by atoms with Crippen LogP contribution in [0.3, 0.4) is 0 Å². The fourth-order valence-corrected chi connectivity index (χ4v) is 3.86. The number of pyridine rings is 1. The average Bonchev–Trinajstić information content (AvgIpc) is 3.24. The summed E-state index contributed by atoms with van der Waals surface area (Å²) in [5, 5.41) is 12.2. The molecule has 0 aliphatic heterocycles. The Morgan fingerprint density at radius 2 is 1.91 bits per heavy atom. The lowest BCUT2D eigenvalue weighted by Crippen LogP contribution is -2.38. The maximum absolute atomic E-state index is 12.6. The topological polar surface area (TPSA) is 122 Å². The number of methoxy groups -OCH3 is 1. The Morgan fingerprint density at radius 3 is 2.50 bits per heavy atom. The number of urea groups is 1. The van der Waals surface area contributed by atoms with Crippen LogP contribution in [-0.4, -0.2) is 49.6 Å². The van der Waals surface area contributed by atoms with Crippen LogP contribution in [0.1, 0.15) is 34.1 Å². The molecular formula is C24H30N6O3S. The van der Waals surface area contributed by atoms with E-state index in [1.807, 2.05) is 49.3 Å². The normalized spacial score (nSPS) is 11.6. The lowest BCUT2D eigenvalue weighted by atomic mass is 10.1. The highest BCUT2D eigenvalue weighted by Gasteiger charge is 2.17. The van der Waals surface area contributed by atoms with Crippen LogP contribution in [0.2, 0.25) is 0 Å². The minimum atomic E-state index is -0.341. The van der Waals surface area contributed by atoms with Crippen LogP contribution in [0.5, 0.6) is 5.75 Å². The first-order valence-electron chi connectivity index (χ1n) is 10.8. The molecule has 1 atom stereocenters. The maximum atomic E-state index is 12.6. The van der Waals surface area contributed by atoms with Gasteiger partial charge in [0.2, 0.25) is 0 Å². The number of aromatic nitrogens is 1. The molecule has 3 amide bonds. The van der Waals surface area contributed by atoms with Crippen molar-refractivity contribution < 1.29 is 14.3 Å². The van der Waals surface area contributed by atoms with Gasteiger partial charge in [0.15, 0.2) is 0 Å². The molecule has 9 nitrogen and oxygen atoms in total. The molecule has 0 fully saturated rings. The zero-order chi connectivity index (χ0) is 24.5. The molecule has 0 bridgehead atoms. The summed E-state index contributed by atoms with van der Waals surface area (Å²) >= 11 is 1.41. The van der Waals surface area contributed by atoms with Gasteiger partial charge in [-0.2, -0.15) is 0 Å². The largest absolute Gasteiger partial charge is 0.497 e. The molecular weight excluding hydrogens is 452 g/mol. The first kappa shape index (κ1) is 25.0. The van der Waals surface area contributed by atoms with Gasteiger partial charge in [-0.15, -0.1) is 11.3 Å². The van der Waals surface area contributed by atoms with Crippen LogP contribution < -0.4 is 26.4 Å². The second-order valence-corrected chi connectivity index (χ2v) is 8.73. The number of ether oxygens (including phenoxy) is 1. The van der Waals surface area contributed by atoms with Crippen molar-refractivity contribution in [3.05, 3.63) is 70.2 Å². The van der Waals surface area contributed by atoms with E-state index in [0.717, 1.165) is 23.4 Å². The van der Waals surface area contributed by atoms with Crippen molar-refractivity contribution in [2.75, 3.05) is 38.8 Å². The van der Waals surface area contributed by atoms with E-state index >= 15 is 0 Å². The fraction of sp³-hybridized carbons (Fsp3) is 0.292. The van der Waals surface area contributed by atoms with Crippen molar-refractivity contribution >= 4 is 34.6 Å². The van der Waals surface area contributed by atoms with Crippen LogP contribution in [0, 0.1) is 0 Å². The van der Waals surface area contributed by atoms with Gasteiger partial charge >= 0.3 is 6.03 Å². The first-order chi connectivity index (χ1) is 16.4. The van der Waals surface area contributed by atoms with E-state index in [1.54, 1.807) is 30.1 Å². The number of benzene rings is 1. The van der Waals surface area contributed by atoms with Crippen molar-refractivity contribution in [3.63, 3.8) is 0 Å². The van der Waals surface area contributed by atoms with Gasteiger partial charge in [-0.05, 0) is 56.4 Å². The van der Waals surface area contributed by atoms with E-state index in [9.17, 15) is 9.59 Å². The Morgan fingerprint density at radius 1 is 1.15 bits per heavy atom. The highest BCUT2D eigenvalue weighted by molar-refractivity contribution is 7.09. The number of anilines is 2. The Labute approximate surface area is 203 Å². The molecule has 0 radical (unpaired) electrons. The quantitative estimate of drug-likeness (QED) is 0.351. The highest BCUT2D eigenvalue weighted by Crippen LogP contribution is 2.23. The SMILES string of the molecule is COc1ccc(CNC(=O)NC(CCN(C)C)c2ccc(C(=O)Nc3cscc3N)nc2)cc1. The summed E-state index contributed by atoms with van der Waals surface area (Å²) in [4.78, 5) is 31.4. The van der Waals surface area contributed by atoms with Gasteiger partial charge < -0.3 is 31.3 Å². The third-order valence-corrected chi connectivity index (χ3v) is 5.91.